The van der Waals surface area contributed by atoms with Crippen LogP contribution >= 0.6 is 0 Å². The number of rotatable bonds is 6. The summed E-state index contributed by atoms with van der Waals surface area (Å²) in [5.41, 5.74) is 9.11. The van der Waals surface area contributed by atoms with Crippen molar-refractivity contribution in [3.63, 3.8) is 0 Å². The predicted octanol–water partition coefficient (Wildman–Crippen LogP) is 2.52. The summed E-state index contributed by atoms with van der Waals surface area (Å²) in [6.07, 6.45) is 1.57. The van der Waals surface area contributed by atoms with Gasteiger partial charge in [-0.2, -0.15) is 0 Å². The molecule has 0 unspecified atom stereocenters. The Morgan fingerprint density at radius 2 is 1.68 bits per heavy atom. The molecule has 0 radical (unpaired) electrons. The van der Waals surface area contributed by atoms with E-state index >= 15 is 0 Å². The normalized spacial score (nSPS) is 11.5. The molecule has 9 heteroatoms. The van der Waals surface area contributed by atoms with Gasteiger partial charge in [0.05, 0.1) is 28.8 Å². The fraction of sp³-hybridized carbons (Fsp3) is 0.0455. The molecule has 0 aliphatic rings. The van der Waals surface area contributed by atoms with Gasteiger partial charge in [-0.25, -0.2) is 18.5 Å². The summed E-state index contributed by atoms with van der Waals surface area (Å²) in [7, 11) is -3.87. The first kappa shape index (κ1) is 20.5. The van der Waals surface area contributed by atoms with Crippen LogP contribution in [0.25, 0.3) is 22.2 Å². The monoisotopic (exact) mass is 433 g/mol. The molecule has 0 saturated carbocycles. The van der Waals surface area contributed by atoms with E-state index in [2.05, 4.69) is 4.98 Å². The average Bonchev–Trinajstić information content (AvgIpc) is 3.15. The van der Waals surface area contributed by atoms with Gasteiger partial charge in [-0.3, -0.25) is 10.2 Å². The highest BCUT2D eigenvalue weighted by Crippen LogP contribution is 2.27. The number of carbonyl (C=O) groups excluding carboxylic acids is 1. The molecule has 1 heterocycles. The minimum absolute atomic E-state index is 0.0280. The van der Waals surface area contributed by atoms with E-state index in [1.807, 2.05) is 0 Å². The fourth-order valence-corrected chi connectivity index (χ4v) is 4.15. The third-order valence-corrected chi connectivity index (χ3v) is 5.93. The summed E-state index contributed by atoms with van der Waals surface area (Å²) in [6, 6.07) is 18.3. The second kappa shape index (κ2) is 7.78. The minimum Gasteiger partial charge on any atom is -0.384 e. The largest absolute Gasteiger partial charge is 0.384 e. The van der Waals surface area contributed by atoms with Gasteiger partial charge >= 0.3 is 0 Å². The van der Waals surface area contributed by atoms with Crippen LogP contribution in [0.1, 0.15) is 15.9 Å². The van der Waals surface area contributed by atoms with Crippen molar-refractivity contribution in [3.8, 4) is 11.1 Å². The maximum Gasteiger partial charge on any atom is 0.238 e. The van der Waals surface area contributed by atoms with Crippen molar-refractivity contribution in [1.82, 2.24) is 9.55 Å². The van der Waals surface area contributed by atoms with Gasteiger partial charge in [0, 0.05) is 16.7 Å². The molecule has 0 saturated heterocycles. The number of carbonyl (C=O) groups is 1. The number of nitrogens with two attached hydrogens (primary N) is 2. The van der Waals surface area contributed by atoms with Gasteiger partial charge in [-0.05, 0) is 29.8 Å². The molecule has 4 rings (SSSR count). The zero-order chi connectivity index (χ0) is 22.2. The van der Waals surface area contributed by atoms with Gasteiger partial charge in [0.2, 0.25) is 10.0 Å². The Morgan fingerprint density at radius 1 is 1.00 bits per heavy atom. The number of Topliss-reactive ketones (excluding diaryl/α,β-unsaturated/α-hetero) is 1. The quantitative estimate of drug-likeness (QED) is 0.243. The number of nitrogens with one attached hydrogen (secondary N) is 1. The molecule has 156 valence electrons. The SMILES string of the molecule is N=C(N)c1ccc2ncn(CC(=O)c3ccc(-c4ccccc4S(N)(=O)=O)cc3)c2c1. The number of amidine groups is 1. The van der Waals surface area contributed by atoms with E-state index in [-0.39, 0.29) is 23.1 Å². The van der Waals surface area contributed by atoms with Crippen molar-refractivity contribution < 1.29 is 13.2 Å². The molecule has 0 aliphatic carbocycles. The van der Waals surface area contributed by atoms with Gasteiger partial charge in [-0.15, -0.1) is 0 Å². The van der Waals surface area contributed by atoms with Crippen molar-refractivity contribution in [2.75, 3.05) is 0 Å². The Morgan fingerprint density at radius 3 is 2.35 bits per heavy atom. The first-order chi connectivity index (χ1) is 14.7. The smallest absolute Gasteiger partial charge is 0.238 e. The maximum absolute atomic E-state index is 12.8. The fourth-order valence-electron chi connectivity index (χ4n) is 3.39. The Bertz CT molecular complexity index is 1420. The zero-order valence-corrected chi connectivity index (χ0v) is 17.1. The second-order valence-electron chi connectivity index (χ2n) is 7.03. The zero-order valence-electron chi connectivity index (χ0n) is 16.3. The maximum atomic E-state index is 12.8. The molecule has 0 fully saturated rings. The lowest BCUT2D eigenvalue weighted by Gasteiger charge is -2.09. The summed E-state index contributed by atoms with van der Waals surface area (Å²) < 4.78 is 25.4. The van der Waals surface area contributed by atoms with E-state index in [0.717, 1.165) is 0 Å². The highest BCUT2D eigenvalue weighted by Gasteiger charge is 2.15. The molecule has 8 nitrogen and oxygen atoms in total. The number of nitrogen functional groups attached to an aromatic ring is 1. The molecule has 0 atom stereocenters. The summed E-state index contributed by atoms with van der Waals surface area (Å²) in [4.78, 5) is 17.1. The number of hydrogen-bond donors (Lipinski definition) is 3. The Kier molecular flexibility index (Phi) is 5.14. The van der Waals surface area contributed by atoms with E-state index in [9.17, 15) is 13.2 Å². The molecule has 4 aromatic rings. The molecule has 3 aromatic carbocycles. The van der Waals surface area contributed by atoms with E-state index in [1.165, 1.54) is 6.07 Å². The Balaban J connectivity index is 1.61. The van der Waals surface area contributed by atoms with Crippen LogP contribution in [-0.4, -0.2) is 29.6 Å². The number of sulfonamides is 1. The van der Waals surface area contributed by atoms with Crippen molar-refractivity contribution in [2.24, 2.45) is 10.9 Å². The van der Waals surface area contributed by atoms with Gasteiger partial charge in [-0.1, -0.05) is 42.5 Å². The van der Waals surface area contributed by atoms with Crippen LogP contribution < -0.4 is 10.9 Å². The van der Waals surface area contributed by atoms with Gasteiger partial charge < -0.3 is 10.3 Å². The topological polar surface area (TPSA) is 145 Å². The summed E-state index contributed by atoms with van der Waals surface area (Å²) >= 11 is 0. The van der Waals surface area contributed by atoms with Crippen molar-refractivity contribution in [1.29, 1.82) is 5.41 Å². The summed E-state index contributed by atoms with van der Waals surface area (Å²) in [5, 5.41) is 12.9. The highest BCUT2D eigenvalue weighted by atomic mass is 32.2. The lowest BCUT2D eigenvalue weighted by Crippen LogP contribution is -2.13. The average molecular weight is 433 g/mol. The van der Waals surface area contributed by atoms with Gasteiger partial charge in [0.25, 0.3) is 0 Å². The standard InChI is InChI=1S/C22H19N5O3S/c23-22(24)16-9-10-18-19(11-16)27(13-26-18)12-20(28)15-7-5-14(6-8-15)17-3-1-2-4-21(17)31(25,29)30/h1-11,13H,12H2,(H3,23,24)(H2,25,29,30). The number of ketones is 1. The van der Waals surface area contributed by atoms with Crippen LogP contribution in [0.3, 0.4) is 0 Å². The Hall–Kier alpha value is -3.82. The van der Waals surface area contributed by atoms with Crippen LogP contribution in [0.4, 0.5) is 0 Å². The third kappa shape index (κ3) is 4.09. The van der Waals surface area contributed by atoms with Crippen LogP contribution in [0, 0.1) is 5.41 Å². The molecule has 0 bridgehead atoms. The third-order valence-electron chi connectivity index (χ3n) is 4.96. The predicted molar refractivity (Wildman–Crippen MR) is 118 cm³/mol. The lowest BCUT2D eigenvalue weighted by molar-refractivity contribution is 0.0973. The summed E-state index contributed by atoms with van der Waals surface area (Å²) in [6.45, 7) is 0.0605. The molecule has 5 N–H and O–H groups in total. The first-order valence-electron chi connectivity index (χ1n) is 9.29. The number of fused-ring (bicyclic) bond motifs is 1. The van der Waals surface area contributed by atoms with E-state index in [0.29, 0.717) is 33.3 Å². The number of benzene rings is 3. The Labute approximate surface area is 178 Å². The molecule has 0 amide bonds. The molecular formula is C22H19N5O3S. The van der Waals surface area contributed by atoms with Crippen LogP contribution in [0.2, 0.25) is 0 Å². The number of aromatic nitrogens is 2. The molecule has 1 aromatic heterocycles. The minimum atomic E-state index is -3.87. The number of primary sulfonamides is 1. The van der Waals surface area contributed by atoms with Crippen LogP contribution in [0.5, 0.6) is 0 Å². The van der Waals surface area contributed by atoms with Crippen molar-refractivity contribution in [3.05, 3.63) is 84.2 Å². The van der Waals surface area contributed by atoms with Crippen LogP contribution in [0.15, 0.2) is 78.0 Å². The number of imidazole rings is 1. The van der Waals surface area contributed by atoms with E-state index in [4.69, 9.17) is 16.3 Å². The summed E-state index contributed by atoms with van der Waals surface area (Å²) in [5.74, 6) is -0.199. The van der Waals surface area contributed by atoms with Gasteiger partial charge in [0.1, 0.15) is 5.84 Å². The molecule has 31 heavy (non-hydrogen) atoms. The van der Waals surface area contributed by atoms with E-state index < -0.39 is 10.0 Å². The number of hydrogen-bond acceptors (Lipinski definition) is 5. The molecule has 0 spiro atoms. The van der Waals surface area contributed by atoms with Crippen molar-refractivity contribution >= 4 is 32.7 Å². The van der Waals surface area contributed by atoms with Crippen LogP contribution in [-0.2, 0) is 16.6 Å². The first-order valence-corrected chi connectivity index (χ1v) is 10.8. The van der Waals surface area contributed by atoms with Crippen molar-refractivity contribution in [2.45, 2.75) is 11.4 Å². The number of nitrogens with zero attached hydrogens (tertiary/aromatic N) is 2. The lowest BCUT2D eigenvalue weighted by atomic mass is 10.0. The second-order valence-corrected chi connectivity index (χ2v) is 8.56. The molecule has 0 aliphatic heterocycles. The van der Waals surface area contributed by atoms with E-state index in [1.54, 1.807) is 71.6 Å². The molecular weight excluding hydrogens is 414 g/mol. The van der Waals surface area contributed by atoms with Gasteiger partial charge in [0.15, 0.2) is 5.78 Å². The highest BCUT2D eigenvalue weighted by molar-refractivity contribution is 7.89.